The van der Waals surface area contributed by atoms with Crippen LogP contribution in [0.25, 0.3) is 0 Å². The van der Waals surface area contributed by atoms with Crippen LogP contribution in [0.4, 0.5) is 0 Å². The first kappa shape index (κ1) is 11.5. The summed E-state index contributed by atoms with van der Waals surface area (Å²) in [6, 6.07) is 0.0428. The maximum atomic E-state index is 11.4. The van der Waals surface area contributed by atoms with Crippen LogP contribution in [-0.4, -0.2) is 34.6 Å². The summed E-state index contributed by atoms with van der Waals surface area (Å²) in [5.74, 6) is 0.314. The van der Waals surface area contributed by atoms with Gasteiger partial charge in [-0.25, -0.2) is 0 Å². The molecule has 2 unspecified atom stereocenters. The smallest absolute Gasteiger partial charge is 0.219 e. The van der Waals surface area contributed by atoms with Crippen LogP contribution in [0.1, 0.15) is 40.0 Å². The number of nitrogens with zero attached hydrogens (tertiary/aromatic N) is 1. The lowest BCUT2D eigenvalue weighted by Crippen LogP contribution is -2.50. The number of rotatable bonds is 2. The number of hydrogen-bond acceptors (Lipinski definition) is 2. The number of hydrogen-bond donors (Lipinski definition) is 1. The zero-order chi connectivity index (χ0) is 10.7. The zero-order valence-electron chi connectivity index (χ0n) is 9.36. The molecule has 1 heterocycles. The van der Waals surface area contributed by atoms with Gasteiger partial charge in [-0.3, -0.25) is 4.79 Å². The number of likely N-dealkylation sites (tertiary alicyclic amines) is 1. The molecular formula is C11H21NO2. The van der Waals surface area contributed by atoms with Crippen molar-refractivity contribution in [1.82, 2.24) is 4.90 Å². The molecule has 0 bridgehead atoms. The normalized spacial score (nSPS) is 25.2. The molecule has 1 N–H and O–H groups in total. The van der Waals surface area contributed by atoms with E-state index in [1.165, 1.54) is 0 Å². The van der Waals surface area contributed by atoms with E-state index in [0.717, 1.165) is 25.8 Å². The predicted molar refractivity (Wildman–Crippen MR) is 55.9 cm³/mol. The highest BCUT2D eigenvalue weighted by molar-refractivity contribution is 5.73. The molecule has 0 spiro atoms. The summed E-state index contributed by atoms with van der Waals surface area (Å²) in [6.07, 6.45) is 2.76. The average Bonchev–Trinajstić information content (AvgIpc) is 2.16. The number of aliphatic hydroxyl groups is 1. The second-order valence-corrected chi connectivity index (χ2v) is 4.51. The van der Waals surface area contributed by atoms with Crippen molar-refractivity contribution in [3.05, 3.63) is 0 Å². The summed E-state index contributed by atoms with van der Waals surface area (Å²) in [5.41, 5.74) is 0. The van der Waals surface area contributed by atoms with E-state index in [0.29, 0.717) is 0 Å². The van der Waals surface area contributed by atoms with Gasteiger partial charge in [-0.1, -0.05) is 13.8 Å². The van der Waals surface area contributed by atoms with Gasteiger partial charge in [0.2, 0.25) is 5.91 Å². The van der Waals surface area contributed by atoms with Crippen molar-refractivity contribution in [2.24, 2.45) is 5.92 Å². The van der Waals surface area contributed by atoms with E-state index in [2.05, 4.69) is 0 Å². The molecule has 0 aromatic carbocycles. The first-order valence-corrected chi connectivity index (χ1v) is 5.49. The fourth-order valence-electron chi connectivity index (χ4n) is 2.15. The molecule has 1 saturated heterocycles. The lowest BCUT2D eigenvalue weighted by Gasteiger charge is -2.39. The molecule has 3 nitrogen and oxygen atoms in total. The molecule has 0 aliphatic carbocycles. The van der Waals surface area contributed by atoms with E-state index >= 15 is 0 Å². The van der Waals surface area contributed by atoms with E-state index < -0.39 is 0 Å². The maximum absolute atomic E-state index is 11.4. The molecule has 0 aromatic heterocycles. The highest BCUT2D eigenvalue weighted by Crippen LogP contribution is 2.23. The fourth-order valence-corrected chi connectivity index (χ4v) is 2.15. The van der Waals surface area contributed by atoms with E-state index in [9.17, 15) is 9.90 Å². The lowest BCUT2D eigenvalue weighted by molar-refractivity contribution is -0.136. The highest BCUT2D eigenvalue weighted by Gasteiger charge is 2.31. The highest BCUT2D eigenvalue weighted by atomic mass is 16.3. The Labute approximate surface area is 86.1 Å². The van der Waals surface area contributed by atoms with Crippen molar-refractivity contribution in [1.29, 1.82) is 0 Å². The van der Waals surface area contributed by atoms with E-state index in [1.807, 2.05) is 18.7 Å². The van der Waals surface area contributed by atoms with Crippen LogP contribution in [0.5, 0.6) is 0 Å². The summed E-state index contributed by atoms with van der Waals surface area (Å²) < 4.78 is 0. The molecule has 3 heteroatoms. The van der Waals surface area contributed by atoms with Gasteiger partial charge in [0.05, 0.1) is 12.1 Å². The Morgan fingerprint density at radius 1 is 1.43 bits per heavy atom. The van der Waals surface area contributed by atoms with Crippen LogP contribution in [0.15, 0.2) is 0 Å². The summed E-state index contributed by atoms with van der Waals surface area (Å²) in [6.45, 7) is 6.39. The van der Waals surface area contributed by atoms with Crippen molar-refractivity contribution >= 4 is 5.91 Å². The van der Waals surface area contributed by atoms with Crippen LogP contribution < -0.4 is 0 Å². The van der Waals surface area contributed by atoms with Gasteiger partial charge in [-0.2, -0.15) is 0 Å². The van der Waals surface area contributed by atoms with Gasteiger partial charge in [0.15, 0.2) is 0 Å². The molecule has 82 valence electrons. The van der Waals surface area contributed by atoms with E-state index in [-0.39, 0.29) is 24.0 Å². The van der Waals surface area contributed by atoms with Gasteiger partial charge in [-0.05, 0) is 25.2 Å². The maximum Gasteiger partial charge on any atom is 0.219 e. The molecule has 1 aliphatic heterocycles. The zero-order valence-corrected chi connectivity index (χ0v) is 9.36. The number of piperidine rings is 1. The van der Waals surface area contributed by atoms with E-state index in [1.54, 1.807) is 6.92 Å². The first-order valence-electron chi connectivity index (χ1n) is 5.49. The van der Waals surface area contributed by atoms with E-state index in [4.69, 9.17) is 0 Å². The number of amides is 1. The third-order valence-corrected chi connectivity index (χ3v) is 3.03. The Bertz CT molecular complexity index is 203. The minimum atomic E-state index is -0.376. The van der Waals surface area contributed by atoms with Crippen molar-refractivity contribution in [2.75, 3.05) is 6.54 Å². The molecule has 0 saturated carbocycles. The standard InChI is InChI=1S/C11H21NO2/c1-8(2)11(14)10-6-4-5-7-12(10)9(3)13/h8,10-11,14H,4-7H2,1-3H3. The Morgan fingerprint density at radius 2 is 2.07 bits per heavy atom. The monoisotopic (exact) mass is 199 g/mol. The molecule has 2 atom stereocenters. The molecular weight excluding hydrogens is 178 g/mol. The minimum Gasteiger partial charge on any atom is -0.391 e. The SMILES string of the molecule is CC(=O)N1CCCCC1C(O)C(C)C. The van der Waals surface area contributed by atoms with Crippen molar-refractivity contribution in [2.45, 2.75) is 52.2 Å². The van der Waals surface area contributed by atoms with Gasteiger partial charge < -0.3 is 10.0 Å². The summed E-state index contributed by atoms with van der Waals surface area (Å²) in [7, 11) is 0. The molecule has 0 aromatic rings. The van der Waals surface area contributed by atoms with Gasteiger partial charge in [0, 0.05) is 13.5 Å². The van der Waals surface area contributed by atoms with Crippen LogP contribution in [0.3, 0.4) is 0 Å². The topological polar surface area (TPSA) is 40.5 Å². The van der Waals surface area contributed by atoms with Gasteiger partial charge in [0.25, 0.3) is 0 Å². The predicted octanol–water partition coefficient (Wildman–Crippen LogP) is 1.40. The molecule has 1 rings (SSSR count). The van der Waals surface area contributed by atoms with Gasteiger partial charge in [-0.15, -0.1) is 0 Å². The van der Waals surface area contributed by atoms with Crippen LogP contribution in [0.2, 0.25) is 0 Å². The molecule has 1 amide bonds. The Kier molecular flexibility index (Phi) is 3.93. The van der Waals surface area contributed by atoms with Gasteiger partial charge in [0.1, 0.15) is 0 Å². The fraction of sp³-hybridized carbons (Fsp3) is 0.909. The van der Waals surface area contributed by atoms with Crippen LogP contribution >= 0.6 is 0 Å². The van der Waals surface area contributed by atoms with Crippen LogP contribution in [0, 0.1) is 5.92 Å². The Hall–Kier alpha value is -0.570. The van der Waals surface area contributed by atoms with Crippen molar-refractivity contribution < 1.29 is 9.90 Å². The molecule has 0 radical (unpaired) electrons. The number of aliphatic hydroxyl groups excluding tert-OH is 1. The second-order valence-electron chi connectivity index (χ2n) is 4.51. The Balaban J connectivity index is 2.67. The average molecular weight is 199 g/mol. The minimum absolute atomic E-state index is 0.0428. The third-order valence-electron chi connectivity index (χ3n) is 3.03. The third kappa shape index (κ3) is 2.47. The first-order chi connectivity index (χ1) is 6.54. The summed E-state index contributed by atoms with van der Waals surface area (Å²) in [4.78, 5) is 13.2. The molecule has 14 heavy (non-hydrogen) atoms. The number of carbonyl (C=O) groups is 1. The number of carbonyl (C=O) groups excluding carboxylic acids is 1. The van der Waals surface area contributed by atoms with Crippen molar-refractivity contribution in [3.63, 3.8) is 0 Å². The summed E-state index contributed by atoms with van der Waals surface area (Å²) in [5, 5.41) is 9.98. The van der Waals surface area contributed by atoms with Gasteiger partial charge >= 0.3 is 0 Å². The lowest BCUT2D eigenvalue weighted by atomic mass is 9.91. The quantitative estimate of drug-likeness (QED) is 0.730. The molecule has 1 fully saturated rings. The molecule has 1 aliphatic rings. The van der Waals surface area contributed by atoms with Crippen LogP contribution in [-0.2, 0) is 4.79 Å². The second kappa shape index (κ2) is 4.78. The summed E-state index contributed by atoms with van der Waals surface area (Å²) >= 11 is 0. The largest absolute Gasteiger partial charge is 0.391 e. The Morgan fingerprint density at radius 3 is 2.57 bits per heavy atom. The van der Waals surface area contributed by atoms with Crippen molar-refractivity contribution in [3.8, 4) is 0 Å².